The molecule has 11 heteroatoms. The topological polar surface area (TPSA) is 186 Å². The average Bonchev–Trinajstić information content (AvgIpc) is 2.70. The van der Waals surface area contributed by atoms with Gasteiger partial charge in [-0.05, 0) is 36.8 Å². The van der Waals surface area contributed by atoms with E-state index >= 15 is 0 Å². The summed E-state index contributed by atoms with van der Waals surface area (Å²) < 4.78 is 15.9. The molecule has 3 rings (SSSR count). The molecule has 0 amide bonds. The number of aromatic hydroxyl groups is 4. The first-order chi connectivity index (χ1) is 14.6. The van der Waals surface area contributed by atoms with Crippen molar-refractivity contribution in [2.45, 2.75) is 37.6 Å². The van der Waals surface area contributed by atoms with Crippen molar-refractivity contribution < 1.29 is 54.8 Å². The lowest BCUT2D eigenvalue weighted by Gasteiger charge is -2.39. The number of rotatable bonds is 5. The second-order valence-corrected chi connectivity index (χ2v) is 7.10. The number of hydrogen-bond donors (Lipinski definition) is 7. The highest BCUT2D eigenvalue weighted by Crippen LogP contribution is 2.35. The Labute approximate surface area is 175 Å². The summed E-state index contributed by atoms with van der Waals surface area (Å²) in [6.07, 6.45) is -7.72. The summed E-state index contributed by atoms with van der Waals surface area (Å²) in [4.78, 5) is 12.2. The van der Waals surface area contributed by atoms with E-state index in [1.54, 1.807) is 13.0 Å². The molecule has 5 atom stereocenters. The SMILES string of the molecule is Cc1cc(O)cc(O[C@@H]2O[C@H](COC(=O)c3cc(O)c(O)c(O)c3)[C@@H](O)[C@H](O)[C@H]2O)c1. The third-order valence-corrected chi connectivity index (χ3v) is 4.64. The van der Waals surface area contributed by atoms with Crippen LogP contribution in [0.25, 0.3) is 0 Å². The van der Waals surface area contributed by atoms with Gasteiger partial charge in [-0.25, -0.2) is 4.79 Å². The molecule has 1 saturated heterocycles. The van der Waals surface area contributed by atoms with Gasteiger partial charge in [-0.2, -0.15) is 0 Å². The number of benzene rings is 2. The van der Waals surface area contributed by atoms with Crippen LogP contribution in [0.4, 0.5) is 0 Å². The Bertz CT molecular complexity index is 917. The fraction of sp³-hybridized carbons (Fsp3) is 0.350. The highest BCUT2D eigenvalue weighted by Gasteiger charge is 2.45. The Hall–Kier alpha value is -3.25. The van der Waals surface area contributed by atoms with Crippen LogP contribution in [-0.2, 0) is 9.47 Å². The van der Waals surface area contributed by atoms with Crippen LogP contribution in [-0.4, -0.2) is 79.0 Å². The number of hydrogen-bond acceptors (Lipinski definition) is 11. The van der Waals surface area contributed by atoms with Crippen LogP contribution in [0.3, 0.4) is 0 Å². The predicted octanol–water partition coefficient (Wildman–Crippen LogP) is -0.139. The highest BCUT2D eigenvalue weighted by atomic mass is 16.7. The second-order valence-electron chi connectivity index (χ2n) is 7.10. The van der Waals surface area contributed by atoms with Gasteiger partial charge < -0.3 is 50.0 Å². The molecule has 0 spiro atoms. The predicted molar refractivity (Wildman–Crippen MR) is 102 cm³/mol. The third kappa shape index (κ3) is 4.91. The third-order valence-electron chi connectivity index (χ3n) is 4.64. The summed E-state index contributed by atoms with van der Waals surface area (Å²) in [5.74, 6) is -3.27. The van der Waals surface area contributed by atoms with E-state index in [9.17, 15) is 40.5 Å². The molecule has 0 bridgehead atoms. The van der Waals surface area contributed by atoms with Gasteiger partial charge in [-0.3, -0.25) is 0 Å². The van der Waals surface area contributed by atoms with Crippen LogP contribution in [0.15, 0.2) is 30.3 Å². The smallest absolute Gasteiger partial charge is 0.338 e. The maximum atomic E-state index is 12.2. The molecule has 2 aromatic carbocycles. The van der Waals surface area contributed by atoms with Gasteiger partial charge in [-0.15, -0.1) is 0 Å². The maximum Gasteiger partial charge on any atom is 0.338 e. The molecule has 11 nitrogen and oxygen atoms in total. The fourth-order valence-electron chi connectivity index (χ4n) is 3.05. The highest BCUT2D eigenvalue weighted by molar-refractivity contribution is 5.91. The van der Waals surface area contributed by atoms with Gasteiger partial charge in [0, 0.05) is 6.07 Å². The van der Waals surface area contributed by atoms with E-state index in [0.29, 0.717) is 5.56 Å². The van der Waals surface area contributed by atoms with Crippen molar-refractivity contribution >= 4 is 5.97 Å². The van der Waals surface area contributed by atoms with Crippen molar-refractivity contribution in [2.24, 2.45) is 0 Å². The average molecular weight is 438 g/mol. The lowest BCUT2D eigenvalue weighted by atomic mass is 9.99. The van der Waals surface area contributed by atoms with Gasteiger partial charge in [0.2, 0.25) is 6.29 Å². The first-order valence-electron chi connectivity index (χ1n) is 9.16. The van der Waals surface area contributed by atoms with Gasteiger partial charge in [0.15, 0.2) is 17.2 Å². The number of carbonyl (C=O) groups excluding carboxylic acids is 1. The van der Waals surface area contributed by atoms with Crippen molar-refractivity contribution in [3.8, 4) is 28.7 Å². The summed E-state index contributed by atoms with van der Waals surface area (Å²) in [5.41, 5.74) is 0.369. The van der Waals surface area contributed by atoms with Crippen molar-refractivity contribution in [1.29, 1.82) is 0 Å². The largest absolute Gasteiger partial charge is 0.508 e. The number of carbonyl (C=O) groups is 1. The molecule has 0 radical (unpaired) electrons. The Morgan fingerprint density at radius 1 is 0.935 bits per heavy atom. The number of phenolic OH excluding ortho intramolecular Hbond substituents is 4. The van der Waals surface area contributed by atoms with Crippen molar-refractivity contribution in [2.75, 3.05) is 6.61 Å². The first kappa shape index (κ1) is 22.4. The van der Waals surface area contributed by atoms with Crippen molar-refractivity contribution in [1.82, 2.24) is 0 Å². The van der Waals surface area contributed by atoms with Gasteiger partial charge in [0.25, 0.3) is 0 Å². The number of ether oxygens (including phenoxy) is 3. The van der Waals surface area contributed by atoms with Crippen LogP contribution in [0, 0.1) is 6.92 Å². The van der Waals surface area contributed by atoms with Crippen molar-refractivity contribution in [3.05, 3.63) is 41.5 Å². The summed E-state index contributed by atoms with van der Waals surface area (Å²) in [5, 5.41) is 68.4. The van der Waals surface area contributed by atoms with Crippen LogP contribution in [0.5, 0.6) is 28.7 Å². The van der Waals surface area contributed by atoms with Gasteiger partial charge in [0.05, 0.1) is 5.56 Å². The Morgan fingerprint density at radius 3 is 2.19 bits per heavy atom. The molecule has 7 N–H and O–H groups in total. The molecule has 168 valence electrons. The lowest BCUT2D eigenvalue weighted by molar-refractivity contribution is -0.277. The molecular weight excluding hydrogens is 416 g/mol. The minimum absolute atomic E-state index is 0.0910. The monoisotopic (exact) mass is 438 g/mol. The molecule has 1 heterocycles. The van der Waals surface area contributed by atoms with E-state index in [1.807, 2.05) is 0 Å². The number of aliphatic hydroxyl groups is 3. The van der Waals surface area contributed by atoms with Crippen molar-refractivity contribution in [3.63, 3.8) is 0 Å². The number of phenols is 4. The van der Waals surface area contributed by atoms with Crippen LogP contribution >= 0.6 is 0 Å². The van der Waals surface area contributed by atoms with Crippen LogP contribution in [0.2, 0.25) is 0 Å². The molecule has 0 aliphatic carbocycles. The Kier molecular flexibility index (Phi) is 6.41. The molecule has 31 heavy (non-hydrogen) atoms. The zero-order valence-electron chi connectivity index (χ0n) is 16.2. The summed E-state index contributed by atoms with van der Waals surface area (Å²) in [6, 6.07) is 6.02. The molecule has 0 saturated carbocycles. The molecule has 0 aromatic heterocycles. The van der Waals surface area contributed by atoms with Gasteiger partial charge in [0.1, 0.15) is 42.5 Å². The number of aryl methyl sites for hydroxylation is 1. The Morgan fingerprint density at radius 2 is 1.58 bits per heavy atom. The fourth-order valence-corrected chi connectivity index (χ4v) is 3.05. The maximum absolute atomic E-state index is 12.2. The molecule has 1 aliphatic heterocycles. The molecule has 2 aromatic rings. The standard InChI is InChI=1S/C20H22O11/c1-8-2-10(21)6-11(3-8)30-20-18(27)17(26)16(25)14(31-20)7-29-19(28)9-4-12(22)15(24)13(23)5-9/h2-6,14,16-18,20-27H,7H2,1H3/t14-,16-,17+,18-,20-/m1/s1. The van der Waals surface area contributed by atoms with Crippen LogP contribution < -0.4 is 4.74 Å². The first-order valence-corrected chi connectivity index (χ1v) is 9.16. The molecule has 0 unspecified atom stereocenters. The van der Waals surface area contributed by atoms with E-state index in [2.05, 4.69) is 0 Å². The zero-order chi connectivity index (χ0) is 22.9. The molecular formula is C20H22O11. The summed E-state index contributed by atoms with van der Waals surface area (Å²) >= 11 is 0. The second kappa shape index (κ2) is 8.86. The Balaban J connectivity index is 1.69. The number of aliphatic hydroxyl groups excluding tert-OH is 3. The van der Waals surface area contributed by atoms with E-state index in [0.717, 1.165) is 12.1 Å². The van der Waals surface area contributed by atoms with Gasteiger partial charge >= 0.3 is 5.97 Å². The number of esters is 1. The van der Waals surface area contributed by atoms with Crippen LogP contribution in [0.1, 0.15) is 15.9 Å². The zero-order valence-corrected chi connectivity index (χ0v) is 16.2. The van der Waals surface area contributed by atoms with E-state index < -0.39 is 60.5 Å². The summed E-state index contributed by atoms with van der Waals surface area (Å²) in [6.45, 7) is 1.12. The lowest BCUT2D eigenvalue weighted by Crippen LogP contribution is -2.60. The minimum Gasteiger partial charge on any atom is -0.508 e. The van der Waals surface area contributed by atoms with Gasteiger partial charge in [-0.1, -0.05) is 0 Å². The summed E-state index contributed by atoms with van der Waals surface area (Å²) in [7, 11) is 0. The quantitative estimate of drug-likeness (QED) is 0.243. The molecule has 1 aliphatic rings. The normalized spacial score (nSPS) is 25.7. The molecule has 1 fully saturated rings. The minimum atomic E-state index is -1.69. The van der Waals surface area contributed by atoms with E-state index in [1.165, 1.54) is 12.1 Å². The van der Waals surface area contributed by atoms with E-state index in [4.69, 9.17) is 14.2 Å². The van der Waals surface area contributed by atoms with E-state index in [-0.39, 0.29) is 17.1 Å².